The van der Waals surface area contributed by atoms with Crippen LogP contribution in [0.5, 0.6) is 11.5 Å². The number of halogens is 1. The molecule has 0 saturated carbocycles. The van der Waals surface area contributed by atoms with Crippen LogP contribution in [0.4, 0.5) is 0 Å². The maximum Gasteiger partial charge on any atom is 0.235 e. The summed E-state index contributed by atoms with van der Waals surface area (Å²) < 4.78 is 12.4. The van der Waals surface area contributed by atoms with Crippen LogP contribution in [-0.4, -0.2) is 34.0 Å². The van der Waals surface area contributed by atoms with Crippen LogP contribution in [0.2, 0.25) is 5.02 Å². The Hall–Kier alpha value is -2.64. The van der Waals surface area contributed by atoms with E-state index in [1.807, 2.05) is 42.5 Å². The summed E-state index contributed by atoms with van der Waals surface area (Å²) in [5, 5.41) is 14.5. The van der Waals surface area contributed by atoms with Crippen LogP contribution >= 0.6 is 22.9 Å². The van der Waals surface area contributed by atoms with Gasteiger partial charge >= 0.3 is 0 Å². The highest BCUT2D eigenvalue weighted by molar-refractivity contribution is 7.19. The molecule has 0 unspecified atom stereocenters. The summed E-state index contributed by atoms with van der Waals surface area (Å²) in [6.07, 6.45) is 0. The molecule has 0 bridgehead atoms. The monoisotopic (exact) mass is 372 g/mol. The van der Waals surface area contributed by atoms with Gasteiger partial charge < -0.3 is 9.47 Å². The van der Waals surface area contributed by atoms with Crippen LogP contribution in [-0.2, 0) is 0 Å². The second-order valence-corrected chi connectivity index (χ2v) is 6.60. The van der Waals surface area contributed by atoms with Crippen LogP contribution in [0.15, 0.2) is 42.5 Å². The highest BCUT2D eigenvalue weighted by Gasteiger charge is 2.16. The number of ether oxygens (including phenoxy) is 2. The molecule has 0 N–H and O–H groups in total. The number of fused-ring (bicyclic) bond motifs is 1. The summed E-state index contributed by atoms with van der Waals surface area (Å²) in [5.41, 5.74) is 1.79. The SMILES string of the molecule is COc1ccc(-c2nn3c(-c4cccc(Cl)c4)nnc3s2)cc1OC. The van der Waals surface area contributed by atoms with Gasteiger partial charge in [0.15, 0.2) is 17.3 Å². The fourth-order valence-corrected chi connectivity index (χ4v) is 3.54. The smallest absolute Gasteiger partial charge is 0.235 e. The summed E-state index contributed by atoms with van der Waals surface area (Å²) in [4.78, 5) is 0.708. The first-order chi connectivity index (χ1) is 12.2. The first kappa shape index (κ1) is 15.9. The Morgan fingerprint density at radius 2 is 1.80 bits per heavy atom. The van der Waals surface area contributed by atoms with E-state index in [1.165, 1.54) is 11.3 Å². The normalized spacial score (nSPS) is 11.0. The molecule has 4 rings (SSSR count). The number of hydrogen-bond donors (Lipinski definition) is 0. The van der Waals surface area contributed by atoms with Crippen LogP contribution in [0, 0.1) is 0 Å². The van der Waals surface area contributed by atoms with Crippen LogP contribution < -0.4 is 9.47 Å². The van der Waals surface area contributed by atoms with Gasteiger partial charge in [0.25, 0.3) is 0 Å². The van der Waals surface area contributed by atoms with Crippen LogP contribution in [0.3, 0.4) is 0 Å². The minimum atomic E-state index is 0.643. The maximum atomic E-state index is 6.07. The van der Waals surface area contributed by atoms with Crippen molar-refractivity contribution in [2.24, 2.45) is 0 Å². The Morgan fingerprint density at radius 3 is 2.56 bits per heavy atom. The molecule has 2 aromatic heterocycles. The highest BCUT2D eigenvalue weighted by Crippen LogP contribution is 2.34. The van der Waals surface area contributed by atoms with Crippen LogP contribution in [0.25, 0.3) is 26.9 Å². The fraction of sp³-hybridized carbons (Fsp3) is 0.118. The van der Waals surface area contributed by atoms with E-state index < -0.39 is 0 Å². The minimum absolute atomic E-state index is 0.643. The second-order valence-electron chi connectivity index (χ2n) is 5.21. The number of aromatic nitrogens is 4. The molecule has 2 heterocycles. The van der Waals surface area contributed by atoms with Crippen molar-refractivity contribution in [2.45, 2.75) is 0 Å². The van der Waals surface area contributed by atoms with E-state index in [9.17, 15) is 0 Å². The lowest BCUT2D eigenvalue weighted by molar-refractivity contribution is 0.355. The topological polar surface area (TPSA) is 61.5 Å². The standard InChI is InChI=1S/C17H13ClN4O2S/c1-23-13-7-6-11(9-14(13)24-2)16-21-22-15(19-20-17(22)25-16)10-4-3-5-12(18)8-10/h3-9H,1-2H3. The quantitative estimate of drug-likeness (QED) is 0.537. The fourth-order valence-electron chi connectivity index (χ4n) is 2.51. The average molecular weight is 373 g/mol. The summed E-state index contributed by atoms with van der Waals surface area (Å²) in [5.74, 6) is 1.98. The van der Waals surface area contributed by atoms with E-state index in [1.54, 1.807) is 18.7 Å². The van der Waals surface area contributed by atoms with E-state index in [4.69, 9.17) is 21.1 Å². The Balaban J connectivity index is 1.80. The first-order valence-electron chi connectivity index (χ1n) is 7.40. The van der Waals surface area contributed by atoms with Crippen molar-refractivity contribution < 1.29 is 9.47 Å². The van der Waals surface area contributed by atoms with E-state index in [0.29, 0.717) is 27.3 Å². The van der Waals surface area contributed by atoms with Crippen molar-refractivity contribution in [3.05, 3.63) is 47.5 Å². The van der Waals surface area contributed by atoms with Gasteiger partial charge in [0.05, 0.1) is 14.2 Å². The molecule has 0 aliphatic rings. The van der Waals surface area contributed by atoms with Crippen molar-refractivity contribution in [3.8, 4) is 33.5 Å². The number of nitrogens with zero attached hydrogens (tertiary/aromatic N) is 4. The molecule has 126 valence electrons. The predicted octanol–water partition coefficient (Wildman–Crippen LogP) is 4.19. The predicted molar refractivity (Wildman–Crippen MR) is 97.6 cm³/mol. The highest BCUT2D eigenvalue weighted by atomic mass is 35.5. The van der Waals surface area contributed by atoms with E-state index in [-0.39, 0.29) is 0 Å². The molecular weight excluding hydrogens is 360 g/mol. The van der Waals surface area contributed by atoms with Gasteiger partial charge in [0.2, 0.25) is 4.96 Å². The lowest BCUT2D eigenvalue weighted by Crippen LogP contribution is -1.92. The zero-order chi connectivity index (χ0) is 17.4. The third-order valence-corrected chi connectivity index (χ3v) is 4.89. The third kappa shape index (κ3) is 2.81. The average Bonchev–Trinajstić information content (AvgIpc) is 3.21. The Bertz CT molecular complexity index is 1060. The van der Waals surface area contributed by atoms with Gasteiger partial charge in [-0.05, 0) is 30.3 Å². The number of rotatable bonds is 4. The lowest BCUT2D eigenvalue weighted by Gasteiger charge is -2.07. The van der Waals surface area contributed by atoms with Gasteiger partial charge in [-0.1, -0.05) is 35.1 Å². The summed E-state index contributed by atoms with van der Waals surface area (Å²) in [6, 6.07) is 13.1. The van der Waals surface area contributed by atoms with Crippen LogP contribution in [0.1, 0.15) is 0 Å². The maximum absolute atomic E-state index is 6.07. The first-order valence-corrected chi connectivity index (χ1v) is 8.59. The van der Waals surface area contributed by atoms with E-state index in [2.05, 4.69) is 15.3 Å². The van der Waals surface area contributed by atoms with Crippen molar-refractivity contribution in [1.82, 2.24) is 19.8 Å². The van der Waals surface area contributed by atoms with Crippen molar-refractivity contribution in [1.29, 1.82) is 0 Å². The third-order valence-electron chi connectivity index (χ3n) is 3.70. The number of hydrogen-bond acceptors (Lipinski definition) is 6. The zero-order valence-corrected chi connectivity index (χ0v) is 15.0. The molecule has 0 amide bonds. The van der Waals surface area contributed by atoms with Crippen molar-refractivity contribution in [2.75, 3.05) is 14.2 Å². The van der Waals surface area contributed by atoms with E-state index in [0.717, 1.165) is 16.1 Å². The molecule has 4 aromatic rings. The molecule has 8 heteroatoms. The second kappa shape index (κ2) is 6.34. The lowest BCUT2D eigenvalue weighted by atomic mass is 10.2. The number of benzene rings is 2. The molecule has 6 nitrogen and oxygen atoms in total. The molecule has 25 heavy (non-hydrogen) atoms. The molecular formula is C17H13ClN4O2S. The molecule has 0 spiro atoms. The van der Waals surface area contributed by atoms with Crippen molar-refractivity contribution in [3.63, 3.8) is 0 Å². The Morgan fingerprint density at radius 1 is 0.960 bits per heavy atom. The summed E-state index contributed by atoms with van der Waals surface area (Å²) >= 11 is 7.53. The Labute approximate surface area is 152 Å². The molecule has 0 fully saturated rings. The van der Waals surface area contributed by atoms with Gasteiger partial charge in [-0.15, -0.1) is 10.2 Å². The van der Waals surface area contributed by atoms with Gasteiger partial charge in [-0.2, -0.15) is 9.61 Å². The molecule has 0 atom stereocenters. The van der Waals surface area contributed by atoms with Gasteiger partial charge in [0, 0.05) is 16.1 Å². The largest absolute Gasteiger partial charge is 0.493 e. The molecule has 0 radical (unpaired) electrons. The van der Waals surface area contributed by atoms with Gasteiger partial charge in [-0.3, -0.25) is 0 Å². The van der Waals surface area contributed by atoms with Gasteiger partial charge in [-0.25, -0.2) is 0 Å². The summed E-state index contributed by atoms with van der Waals surface area (Å²) in [7, 11) is 3.22. The Kier molecular flexibility index (Phi) is 4.03. The van der Waals surface area contributed by atoms with E-state index >= 15 is 0 Å². The molecule has 0 aliphatic carbocycles. The number of methoxy groups -OCH3 is 2. The summed E-state index contributed by atoms with van der Waals surface area (Å²) in [6.45, 7) is 0. The molecule has 0 aliphatic heterocycles. The van der Waals surface area contributed by atoms with Gasteiger partial charge in [0.1, 0.15) is 5.01 Å². The molecule has 2 aromatic carbocycles. The molecule has 0 saturated heterocycles. The minimum Gasteiger partial charge on any atom is -0.493 e. The zero-order valence-electron chi connectivity index (χ0n) is 13.4. The van der Waals surface area contributed by atoms with Crippen molar-refractivity contribution >= 4 is 27.9 Å².